The average Bonchev–Trinajstić information content (AvgIpc) is 3.60. The standard InChI is InChI=1S/C28H33F2N3O2S/c1-18-16-20(17-23(32-18)33-12-10-28(29,30)11-13-33)25-22(36-15-14-34)3-2-21(26(31)35)24(25)19-4-6-27(7-5-19)8-9-27/h2-4,16-17,34H,5-15H2,1H3,(H2,31,35). The summed E-state index contributed by atoms with van der Waals surface area (Å²) < 4.78 is 27.6. The highest BCUT2D eigenvalue weighted by molar-refractivity contribution is 7.99. The van der Waals surface area contributed by atoms with E-state index < -0.39 is 11.8 Å². The van der Waals surface area contributed by atoms with Crippen molar-refractivity contribution >= 4 is 29.1 Å². The fraction of sp³-hybridized carbons (Fsp3) is 0.500. The van der Waals surface area contributed by atoms with Gasteiger partial charge in [0, 0.05) is 53.4 Å². The molecule has 3 aliphatic rings. The second-order valence-electron chi connectivity index (χ2n) is 10.4. The summed E-state index contributed by atoms with van der Waals surface area (Å²) in [4.78, 5) is 20.2. The Morgan fingerprint density at radius 3 is 2.50 bits per heavy atom. The molecule has 1 saturated heterocycles. The van der Waals surface area contributed by atoms with Crippen molar-refractivity contribution in [1.82, 2.24) is 4.98 Å². The first-order valence-electron chi connectivity index (χ1n) is 12.7. The van der Waals surface area contributed by atoms with E-state index in [1.807, 2.05) is 30.0 Å². The van der Waals surface area contributed by atoms with E-state index in [9.17, 15) is 18.7 Å². The van der Waals surface area contributed by atoms with Crippen LogP contribution in [0, 0.1) is 12.3 Å². The van der Waals surface area contributed by atoms with E-state index in [1.54, 1.807) is 6.07 Å². The third-order valence-electron chi connectivity index (χ3n) is 7.81. The molecule has 1 saturated carbocycles. The highest BCUT2D eigenvalue weighted by atomic mass is 32.2. The number of carbonyl (C=O) groups excluding carboxylic acids is 1. The molecule has 0 bridgehead atoms. The zero-order chi connectivity index (χ0) is 25.5. The minimum absolute atomic E-state index is 0.0326. The van der Waals surface area contributed by atoms with Crippen LogP contribution in [0.2, 0.25) is 0 Å². The summed E-state index contributed by atoms with van der Waals surface area (Å²) in [5.74, 6) is -1.92. The number of aliphatic hydroxyl groups is 1. The smallest absolute Gasteiger partial charge is 0.251 e. The van der Waals surface area contributed by atoms with Crippen LogP contribution in [0.5, 0.6) is 0 Å². The summed E-state index contributed by atoms with van der Waals surface area (Å²) >= 11 is 1.54. The van der Waals surface area contributed by atoms with E-state index in [4.69, 9.17) is 5.73 Å². The number of rotatable bonds is 7. The number of amides is 1. The SMILES string of the molecule is Cc1cc(-c2c(SCCO)ccc(C(N)=O)c2C2=CCC3(CC2)CC3)cc(N2CCC(F)(F)CC2)n1. The summed E-state index contributed by atoms with van der Waals surface area (Å²) in [7, 11) is 0. The second kappa shape index (κ2) is 9.78. The molecule has 36 heavy (non-hydrogen) atoms. The van der Waals surface area contributed by atoms with Gasteiger partial charge in [-0.15, -0.1) is 11.8 Å². The molecule has 1 aromatic heterocycles. The Labute approximate surface area is 215 Å². The first-order chi connectivity index (χ1) is 17.2. The molecule has 0 unspecified atom stereocenters. The highest BCUT2D eigenvalue weighted by Crippen LogP contribution is 2.57. The van der Waals surface area contributed by atoms with Crippen LogP contribution in [0.15, 0.2) is 35.2 Å². The number of piperidine rings is 1. The number of aliphatic hydroxyl groups excluding tert-OH is 1. The maximum atomic E-state index is 13.8. The van der Waals surface area contributed by atoms with Gasteiger partial charge in [-0.05, 0) is 85.4 Å². The molecule has 0 atom stereocenters. The third kappa shape index (κ3) is 5.16. The zero-order valence-corrected chi connectivity index (χ0v) is 21.5. The van der Waals surface area contributed by atoms with Crippen molar-refractivity contribution < 1.29 is 18.7 Å². The average molecular weight is 514 g/mol. The molecule has 5 rings (SSSR count). The minimum Gasteiger partial charge on any atom is -0.396 e. The molecule has 2 fully saturated rings. The highest BCUT2D eigenvalue weighted by Gasteiger charge is 2.43. The predicted octanol–water partition coefficient (Wildman–Crippen LogP) is 5.82. The van der Waals surface area contributed by atoms with E-state index in [-0.39, 0.29) is 32.5 Å². The molecule has 192 valence electrons. The van der Waals surface area contributed by atoms with Gasteiger partial charge in [0.05, 0.1) is 6.61 Å². The maximum Gasteiger partial charge on any atom is 0.251 e. The monoisotopic (exact) mass is 513 g/mol. The van der Waals surface area contributed by atoms with Crippen LogP contribution in [-0.2, 0) is 0 Å². The number of carbonyl (C=O) groups is 1. The molecule has 1 aliphatic heterocycles. The van der Waals surface area contributed by atoms with Gasteiger partial charge in [0.15, 0.2) is 0 Å². The molecule has 8 heteroatoms. The van der Waals surface area contributed by atoms with Crippen LogP contribution in [-0.4, -0.2) is 47.4 Å². The summed E-state index contributed by atoms with van der Waals surface area (Å²) in [6.07, 6.45) is 7.44. The molecule has 1 spiro atoms. The normalized spacial score (nSPS) is 20.3. The molecule has 2 heterocycles. The van der Waals surface area contributed by atoms with E-state index >= 15 is 0 Å². The number of aromatic nitrogens is 1. The van der Waals surface area contributed by atoms with Crippen molar-refractivity contribution in [3.63, 3.8) is 0 Å². The Bertz CT molecular complexity index is 1200. The summed E-state index contributed by atoms with van der Waals surface area (Å²) in [5, 5.41) is 9.53. The Morgan fingerprint density at radius 1 is 1.14 bits per heavy atom. The lowest BCUT2D eigenvalue weighted by atomic mass is 9.80. The Kier molecular flexibility index (Phi) is 6.85. The Hall–Kier alpha value is -2.45. The lowest BCUT2D eigenvalue weighted by molar-refractivity contribution is -0.0221. The molecule has 2 aliphatic carbocycles. The zero-order valence-electron chi connectivity index (χ0n) is 20.7. The van der Waals surface area contributed by atoms with Crippen molar-refractivity contribution in [2.24, 2.45) is 11.1 Å². The number of alkyl halides is 2. The molecule has 2 aromatic rings. The number of aryl methyl sites for hydroxylation is 1. The molecular weight excluding hydrogens is 480 g/mol. The molecule has 5 nitrogen and oxygen atoms in total. The van der Waals surface area contributed by atoms with Crippen molar-refractivity contribution in [2.75, 3.05) is 30.3 Å². The van der Waals surface area contributed by atoms with Gasteiger partial charge in [0.2, 0.25) is 5.91 Å². The number of allylic oxidation sites excluding steroid dienone is 2. The fourth-order valence-corrected chi connectivity index (χ4v) is 6.35. The van der Waals surface area contributed by atoms with Crippen molar-refractivity contribution in [3.8, 4) is 11.1 Å². The number of hydrogen-bond donors (Lipinski definition) is 2. The van der Waals surface area contributed by atoms with E-state index in [0.717, 1.165) is 52.1 Å². The van der Waals surface area contributed by atoms with Gasteiger partial charge in [0.1, 0.15) is 5.82 Å². The van der Waals surface area contributed by atoms with Gasteiger partial charge in [0.25, 0.3) is 5.92 Å². The van der Waals surface area contributed by atoms with Gasteiger partial charge in [-0.25, -0.2) is 13.8 Å². The number of primary amides is 1. The molecule has 1 amide bonds. The Balaban J connectivity index is 1.64. The second-order valence-corrected chi connectivity index (χ2v) is 11.6. The summed E-state index contributed by atoms with van der Waals surface area (Å²) in [6.45, 7) is 2.43. The number of hydrogen-bond acceptors (Lipinski definition) is 5. The first kappa shape index (κ1) is 25.2. The van der Waals surface area contributed by atoms with Crippen LogP contribution in [0.4, 0.5) is 14.6 Å². The van der Waals surface area contributed by atoms with Gasteiger partial charge in [-0.3, -0.25) is 4.79 Å². The van der Waals surface area contributed by atoms with Gasteiger partial charge in [-0.2, -0.15) is 0 Å². The number of nitrogens with zero attached hydrogens (tertiary/aromatic N) is 2. The molecular formula is C28H33F2N3O2S. The number of anilines is 1. The topological polar surface area (TPSA) is 79.5 Å². The maximum absolute atomic E-state index is 13.8. The van der Waals surface area contributed by atoms with Crippen LogP contribution in [0.25, 0.3) is 16.7 Å². The van der Waals surface area contributed by atoms with E-state index in [0.29, 0.717) is 22.5 Å². The van der Waals surface area contributed by atoms with Crippen molar-refractivity contribution in [2.45, 2.75) is 62.7 Å². The van der Waals surface area contributed by atoms with Crippen LogP contribution in [0.3, 0.4) is 0 Å². The van der Waals surface area contributed by atoms with E-state index in [2.05, 4.69) is 11.1 Å². The lowest BCUT2D eigenvalue weighted by Gasteiger charge is -2.33. The summed E-state index contributed by atoms with van der Waals surface area (Å²) in [6, 6.07) is 7.64. The number of halogens is 2. The molecule has 0 radical (unpaired) electrons. The number of thioether (sulfide) groups is 1. The fourth-order valence-electron chi connectivity index (χ4n) is 5.51. The van der Waals surface area contributed by atoms with Gasteiger partial charge in [-0.1, -0.05) is 6.08 Å². The minimum atomic E-state index is -2.63. The van der Waals surface area contributed by atoms with Gasteiger partial charge < -0.3 is 15.7 Å². The van der Waals surface area contributed by atoms with Crippen LogP contribution < -0.4 is 10.6 Å². The van der Waals surface area contributed by atoms with Crippen LogP contribution >= 0.6 is 11.8 Å². The largest absolute Gasteiger partial charge is 0.396 e. The lowest BCUT2D eigenvalue weighted by Crippen LogP contribution is -2.39. The number of nitrogens with two attached hydrogens (primary N) is 1. The Morgan fingerprint density at radius 2 is 1.89 bits per heavy atom. The number of benzene rings is 1. The van der Waals surface area contributed by atoms with Crippen molar-refractivity contribution in [1.29, 1.82) is 0 Å². The molecule has 1 aromatic carbocycles. The molecule has 3 N–H and O–H groups in total. The third-order valence-corrected chi connectivity index (χ3v) is 8.85. The van der Waals surface area contributed by atoms with Crippen LogP contribution in [0.1, 0.15) is 66.6 Å². The van der Waals surface area contributed by atoms with E-state index in [1.165, 1.54) is 24.6 Å². The summed E-state index contributed by atoms with van der Waals surface area (Å²) in [5.41, 5.74) is 11.4. The number of pyridine rings is 1. The van der Waals surface area contributed by atoms with Gasteiger partial charge >= 0.3 is 0 Å². The quantitative estimate of drug-likeness (QED) is 0.456. The van der Waals surface area contributed by atoms with Crippen molar-refractivity contribution in [3.05, 3.63) is 47.2 Å². The first-order valence-corrected chi connectivity index (χ1v) is 13.7. The predicted molar refractivity (Wildman–Crippen MR) is 141 cm³/mol.